The largest absolute Gasteiger partial charge is 0.481 e. The van der Waals surface area contributed by atoms with Crippen molar-refractivity contribution in [2.45, 2.75) is 18.4 Å². The predicted molar refractivity (Wildman–Crippen MR) is 44.2 cm³/mol. The average molecular weight is 244 g/mol. The van der Waals surface area contributed by atoms with Crippen LogP contribution in [-0.4, -0.2) is 50.9 Å². The second-order valence-corrected chi connectivity index (χ2v) is 2.58. The van der Waals surface area contributed by atoms with Gasteiger partial charge in [-0.1, -0.05) is 0 Å². The summed E-state index contributed by atoms with van der Waals surface area (Å²) in [5, 5.41) is 33.8. The minimum Gasteiger partial charge on any atom is -0.481 e. The molecule has 16 heavy (non-hydrogen) atoms. The summed E-state index contributed by atoms with van der Waals surface area (Å²) in [4.78, 5) is 30.5. The minimum atomic E-state index is -2.74. The summed E-state index contributed by atoms with van der Waals surface area (Å²) < 4.78 is 19.2. The molecule has 0 amide bonds. The fourth-order valence-corrected chi connectivity index (χ4v) is 0.714. The highest BCUT2D eigenvalue weighted by atomic mass is 19.3. The van der Waals surface area contributed by atoms with Crippen LogP contribution in [0.4, 0.5) is 8.78 Å². The first-order valence-corrected chi connectivity index (χ1v) is 3.71. The summed E-state index contributed by atoms with van der Waals surface area (Å²) in [5.41, 5.74) is -2.74. The number of aliphatic hydroxyl groups is 1. The number of carboxylic acid groups (broad SMARTS) is 3. The van der Waals surface area contributed by atoms with E-state index in [1.54, 1.807) is 0 Å². The van der Waals surface area contributed by atoms with Crippen molar-refractivity contribution in [3.63, 3.8) is 0 Å². The molecule has 94 valence electrons. The van der Waals surface area contributed by atoms with Crippen molar-refractivity contribution in [1.82, 2.24) is 0 Å². The molecule has 0 bridgehead atoms. The zero-order chi connectivity index (χ0) is 13.4. The highest BCUT2D eigenvalue weighted by Crippen LogP contribution is 2.15. The van der Waals surface area contributed by atoms with Crippen LogP contribution in [0.3, 0.4) is 0 Å². The zero-order valence-corrected chi connectivity index (χ0v) is 7.89. The van der Waals surface area contributed by atoms with E-state index in [4.69, 9.17) is 20.4 Å². The van der Waals surface area contributed by atoms with Gasteiger partial charge in [-0.3, -0.25) is 9.59 Å². The number of hydrogen-bond donors (Lipinski definition) is 4. The van der Waals surface area contributed by atoms with Crippen LogP contribution in [0, 0.1) is 0 Å². The van der Waals surface area contributed by atoms with E-state index in [1.807, 2.05) is 0 Å². The van der Waals surface area contributed by atoms with Crippen LogP contribution < -0.4 is 0 Å². The summed E-state index contributed by atoms with van der Waals surface area (Å²) in [6.07, 6.45) is -2.29. The Bertz CT molecular complexity index is 249. The Labute approximate surface area is 87.9 Å². The molecule has 0 unspecified atom stereocenters. The third-order valence-electron chi connectivity index (χ3n) is 1.29. The van der Waals surface area contributed by atoms with E-state index in [2.05, 4.69) is 0 Å². The van der Waals surface area contributed by atoms with Crippen LogP contribution in [0.1, 0.15) is 12.8 Å². The lowest BCUT2D eigenvalue weighted by molar-refractivity contribution is -0.170. The number of alkyl halides is 2. The molecule has 0 aromatic rings. The van der Waals surface area contributed by atoms with Gasteiger partial charge in [-0.2, -0.15) is 0 Å². The summed E-state index contributed by atoms with van der Waals surface area (Å²) in [6, 6.07) is 0. The fourth-order valence-electron chi connectivity index (χ4n) is 0.714. The van der Waals surface area contributed by atoms with Crippen molar-refractivity contribution >= 4 is 17.9 Å². The molecule has 0 aromatic carbocycles. The lowest BCUT2D eigenvalue weighted by Gasteiger charge is -2.18. The minimum absolute atomic E-state index is 1.14. The number of carbonyl (C=O) groups is 3. The third-order valence-corrected chi connectivity index (χ3v) is 1.29. The smallest absolute Gasteiger partial charge is 0.336 e. The zero-order valence-electron chi connectivity index (χ0n) is 7.89. The van der Waals surface area contributed by atoms with Gasteiger partial charge < -0.3 is 20.4 Å². The number of hydrogen-bond acceptors (Lipinski definition) is 4. The van der Waals surface area contributed by atoms with Crippen molar-refractivity contribution in [1.29, 1.82) is 0 Å². The number of aliphatic carboxylic acids is 3. The summed E-state index contributed by atoms with van der Waals surface area (Å²) in [7, 11) is 0. The first kappa shape index (κ1) is 16.7. The molecule has 0 atom stereocenters. The van der Waals surface area contributed by atoms with Crippen LogP contribution in [0.15, 0.2) is 0 Å². The molecule has 0 saturated carbocycles. The summed E-state index contributed by atoms with van der Waals surface area (Å²) in [6.45, 7) is -1.75. The highest BCUT2D eigenvalue weighted by molar-refractivity contribution is 5.88. The van der Waals surface area contributed by atoms with E-state index < -0.39 is 43.3 Å². The summed E-state index contributed by atoms with van der Waals surface area (Å²) >= 11 is 0. The predicted octanol–water partition coefficient (Wildman–Crippen LogP) is -0.366. The quantitative estimate of drug-likeness (QED) is 0.518. The number of halogens is 2. The van der Waals surface area contributed by atoms with Crippen LogP contribution in [0.2, 0.25) is 0 Å². The van der Waals surface area contributed by atoms with Crippen molar-refractivity contribution in [3.8, 4) is 0 Å². The van der Waals surface area contributed by atoms with Gasteiger partial charge >= 0.3 is 17.9 Å². The van der Waals surface area contributed by atoms with Crippen LogP contribution in [0.5, 0.6) is 0 Å². The topological polar surface area (TPSA) is 132 Å². The molecule has 4 N–H and O–H groups in total. The second kappa shape index (κ2) is 7.51. The third kappa shape index (κ3) is 7.62. The Balaban J connectivity index is 0. The maximum atomic E-state index is 10.3. The van der Waals surface area contributed by atoms with Crippen molar-refractivity contribution in [3.05, 3.63) is 0 Å². The SMILES string of the molecule is FCF.O=C(O)CC(O)(CC(=O)O)C(=O)O. The maximum Gasteiger partial charge on any atom is 0.336 e. The van der Waals surface area contributed by atoms with E-state index in [1.165, 1.54) is 0 Å². The molecule has 0 aromatic heterocycles. The Morgan fingerprint density at radius 1 is 0.938 bits per heavy atom. The van der Waals surface area contributed by atoms with E-state index in [0.717, 1.165) is 0 Å². The molecule has 0 heterocycles. The molecule has 9 heteroatoms. The van der Waals surface area contributed by atoms with Crippen LogP contribution >= 0.6 is 0 Å². The van der Waals surface area contributed by atoms with Gasteiger partial charge in [-0.05, 0) is 0 Å². The normalized spacial score (nSPS) is 9.94. The van der Waals surface area contributed by atoms with Crippen molar-refractivity contribution in [2.24, 2.45) is 0 Å². The Kier molecular flexibility index (Phi) is 7.82. The second-order valence-electron chi connectivity index (χ2n) is 2.58. The molecule has 0 fully saturated rings. The molecule has 7 nitrogen and oxygen atoms in total. The van der Waals surface area contributed by atoms with Gasteiger partial charge in [0.1, 0.15) is 0 Å². The molecule has 0 aliphatic rings. The Hall–Kier alpha value is -1.77. The fraction of sp³-hybridized carbons (Fsp3) is 0.571. The number of carboxylic acids is 3. The van der Waals surface area contributed by atoms with Gasteiger partial charge in [0.05, 0.1) is 12.8 Å². The van der Waals surface area contributed by atoms with Gasteiger partial charge in [0.15, 0.2) is 5.60 Å². The van der Waals surface area contributed by atoms with E-state index >= 15 is 0 Å². The van der Waals surface area contributed by atoms with Gasteiger partial charge in [0, 0.05) is 0 Å². The van der Waals surface area contributed by atoms with Crippen molar-refractivity contribution < 1.29 is 43.6 Å². The van der Waals surface area contributed by atoms with Gasteiger partial charge in [-0.25, -0.2) is 13.6 Å². The standard InChI is InChI=1S/C6H8O7.CH2F2/c7-3(8)1-6(13,5(11)12)2-4(9)10;2-1-3/h13H,1-2H2,(H,7,8)(H,9,10)(H,11,12);1H2. The van der Waals surface area contributed by atoms with Crippen molar-refractivity contribution in [2.75, 3.05) is 6.93 Å². The molecule has 0 aliphatic heterocycles. The Morgan fingerprint density at radius 2 is 1.19 bits per heavy atom. The molecular formula is C7H10F2O7. The highest BCUT2D eigenvalue weighted by Gasteiger charge is 2.40. The van der Waals surface area contributed by atoms with E-state index in [9.17, 15) is 23.2 Å². The van der Waals surface area contributed by atoms with Gasteiger partial charge in [0.2, 0.25) is 6.93 Å². The maximum absolute atomic E-state index is 10.3. The molecule has 0 radical (unpaired) electrons. The lowest BCUT2D eigenvalue weighted by atomic mass is 9.96. The monoisotopic (exact) mass is 244 g/mol. The molecule has 0 aliphatic carbocycles. The summed E-state index contributed by atoms with van der Waals surface area (Å²) in [5.74, 6) is -5.02. The van der Waals surface area contributed by atoms with Crippen LogP contribution in [0.25, 0.3) is 0 Å². The first-order chi connectivity index (χ1) is 7.19. The number of rotatable bonds is 5. The van der Waals surface area contributed by atoms with E-state index in [-0.39, 0.29) is 0 Å². The first-order valence-electron chi connectivity index (χ1n) is 3.71. The lowest BCUT2D eigenvalue weighted by Crippen LogP contribution is -2.42. The average Bonchev–Trinajstić information content (AvgIpc) is 2.01. The molecular weight excluding hydrogens is 234 g/mol. The molecule has 0 saturated heterocycles. The van der Waals surface area contributed by atoms with Crippen LogP contribution in [-0.2, 0) is 14.4 Å². The van der Waals surface area contributed by atoms with Gasteiger partial charge in [-0.15, -0.1) is 0 Å². The van der Waals surface area contributed by atoms with E-state index in [0.29, 0.717) is 0 Å². The Morgan fingerprint density at radius 3 is 1.31 bits per heavy atom. The molecule has 0 spiro atoms. The molecule has 0 rings (SSSR count). The van der Waals surface area contributed by atoms with Gasteiger partial charge in [0.25, 0.3) is 0 Å².